The fourth-order valence-electron chi connectivity index (χ4n) is 3.33. The first-order valence-electron chi connectivity index (χ1n) is 10.6. The number of hydrogen-bond donors (Lipinski definition) is 2. The average molecular weight is 486 g/mol. The molecule has 0 saturated heterocycles. The van der Waals surface area contributed by atoms with E-state index in [1.54, 1.807) is 55.5 Å². The van der Waals surface area contributed by atoms with Crippen molar-refractivity contribution < 1.29 is 19.1 Å². The van der Waals surface area contributed by atoms with Crippen LogP contribution in [-0.4, -0.2) is 24.0 Å². The van der Waals surface area contributed by atoms with Crippen LogP contribution in [0.25, 0.3) is 10.8 Å². The molecule has 0 fully saturated rings. The maximum Gasteiger partial charge on any atom is 0.344 e. The lowest BCUT2D eigenvalue weighted by Crippen LogP contribution is -2.32. The van der Waals surface area contributed by atoms with Crippen LogP contribution in [-0.2, 0) is 9.59 Å². The molecule has 2 N–H and O–H groups in total. The van der Waals surface area contributed by atoms with Crippen molar-refractivity contribution in [2.24, 2.45) is 5.10 Å². The van der Waals surface area contributed by atoms with E-state index in [2.05, 4.69) is 15.8 Å². The molecule has 4 aromatic carbocycles. The Morgan fingerprint density at radius 2 is 1.57 bits per heavy atom. The number of carbonyl (C=O) groups is 3. The Bertz CT molecular complexity index is 1440. The van der Waals surface area contributed by atoms with E-state index in [4.69, 9.17) is 16.3 Å². The second-order valence-electron chi connectivity index (χ2n) is 7.55. The number of anilines is 1. The van der Waals surface area contributed by atoms with Crippen molar-refractivity contribution in [1.29, 1.82) is 0 Å². The zero-order chi connectivity index (χ0) is 24.8. The van der Waals surface area contributed by atoms with E-state index in [1.165, 1.54) is 6.21 Å². The van der Waals surface area contributed by atoms with Crippen LogP contribution in [0.1, 0.15) is 21.5 Å². The summed E-state index contributed by atoms with van der Waals surface area (Å²) in [5.74, 6) is -1.90. The molecule has 0 bridgehead atoms. The molecule has 0 spiro atoms. The van der Waals surface area contributed by atoms with Crippen molar-refractivity contribution in [2.45, 2.75) is 6.92 Å². The predicted molar refractivity (Wildman–Crippen MR) is 136 cm³/mol. The first kappa shape index (κ1) is 23.7. The molecule has 4 rings (SSSR count). The van der Waals surface area contributed by atoms with Crippen LogP contribution in [0.15, 0.2) is 90.0 Å². The highest BCUT2D eigenvalue weighted by atomic mass is 35.5. The number of rotatable bonds is 5. The number of fused-ring (bicyclic) bond motifs is 1. The lowest BCUT2D eigenvalue weighted by Gasteiger charge is -2.08. The van der Waals surface area contributed by atoms with E-state index < -0.39 is 17.8 Å². The summed E-state index contributed by atoms with van der Waals surface area (Å²) in [6, 6.07) is 24.6. The smallest absolute Gasteiger partial charge is 0.344 e. The van der Waals surface area contributed by atoms with Crippen LogP contribution in [0.3, 0.4) is 0 Å². The fourth-order valence-corrected chi connectivity index (χ4v) is 3.50. The lowest BCUT2D eigenvalue weighted by atomic mass is 10.0. The summed E-state index contributed by atoms with van der Waals surface area (Å²) in [7, 11) is 0. The highest BCUT2D eigenvalue weighted by Gasteiger charge is 2.15. The number of nitrogens with one attached hydrogen (secondary N) is 2. The van der Waals surface area contributed by atoms with Crippen molar-refractivity contribution in [1.82, 2.24) is 5.43 Å². The molecular weight excluding hydrogens is 466 g/mol. The molecule has 2 amide bonds. The number of esters is 1. The number of nitrogens with zero attached hydrogens (tertiary/aromatic N) is 1. The van der Waals surface area contributed by atoms with Gasteiger partial charge in [-0.3, -0.25) is 9.59 Å². The van der Waals surface area contributed by atoms with Gasteiger partial charge >= 0.3 is 17.8 Å². The number of hydrazone groups is 1. The Morgan fingerprint density at radius 1 is 0.857 bits per heavy atom. The van der Waals surface area contributed by atoms with Gasteiger partial charge in [0.1, 0.15) is 5.75 Å². The zero-order valence-corrected chi connectivity index (χ0v) is 19.4. The van der Waals surface area contributed by atoms with Gasteiger partial charge in [0.2, 0.25) is 0 Å². The van der Waals surface area contributed by atoms with Crippen molar-refractivity contribution in [2.75, 3.05) is 5.32 Å². The SMILES string of the molecule is Cc1c(Cl)cccc1NC(=O)C(=O)N/N=C/c1ccc(OC(=O)c2cccc3ccccc23)cc1. The van der Waals surface area contributed by atoms with E-state index in [0.29, 0.717) is 33.1 Å². The fraction of sp³-hybridized carbons (Fsp3) is 0.0370. The van der Waals surface area contributed by atoms with Crippen molar-refractivity contribution in [3.8, 4) is 5.75 Å². The first-order valence-corrected chi connectivity index (χ1v) is 11.0. The monoisotopic (exact) mass is 485 g/mol. The van der Waals surface area contributed by atoms with E-state index >= 15 is 0 Å². The van der Waals surface area contributed by atoms with E-state index in [0.717, 1.165) is 10.8 Å². The average Bonchev–Trinajstić information content (AvgIpc) is 2.87. The van der Waals surface area contributed by atoms with Gasteiger partial charge in [0.15, 0.2) is 0 Å². The molecule has 7 nitrogen and oxygen atoms in total. The van der Waals surface area contributed by atoms with Crippen LogP contribution in [0.4, 0.5) is 5.69 Å². The molecule has 35 heavy (non-hydrogen) atoms. The second-order valence-corrected chi connectivity index (χ2v) is 7.96. The highest BCUT2D eigenvalue weighted by molar-refractivity contribution is 6.40. The molecule has 174 valence electrons. The van der Waals surface area contributed by atoms with Gasteiger partial charge in [0.25, 0.3) is 0 Å². The van der Waals surface area contributed by atoms with Gasteiger partial charge in [-0.15, -0.1) is 0 Å². The molecule has 0 aliphatic rings. The van der Waals surface area contributed by atoms with Crippen molar-refractivity contribution >= 4 is 52.1 Å². The van der Waals surface area contributed by atoms with Gasteiger partial charge in [0, 0.05) is 10.7 Å². The minimum absolute atomic E-state index is 0.361. The number of benzene rings is 4. The predicted octanol–water partition coefficient (Wildman–Crippen LogP) is 5.11. The number of ether oxygens (including phenoxy) is 1. The normalized spacial score (nSPS) is 10.8. The third-order valence-corrected chi connectivity index (χ3v) is 5.61. The van der Waals surface area contributed by atoms with E-state index in [9.17, 15) is 14.4 Å². The van der Waals surface area contributed by atoms with Crippen LogP contribution < -0.4 is 15.5 Å². The molecule has 0 saturated carbocycles. The summed E-state index contributed by atoms with van der Waals surface area (Å²) in [5, 5.41) is 8.53. The highest BCUT2D eigenvalue weighted by Crippen LogP contribution is 2.23. The Balaban J connectivity index is 1.33. The van der Waals surface area contributed by atoms with E-state index in [1.807, 2.05) is 36.4 Å². The Morgan fingerprint density at radius 3 is 2.37 bits per heavy atom. The second kappa shape index (κ2) is 10.6. The number of carbonyl (C=O) groups excluding carboxylic acids is 3. The van der Waals surface area contributed by atoms with Gasteiger partial charge in [-0.25, -0.2) is 10.2 Å². The zero-order valence-electron chi connectivity index (χ0n) is 18.6. The number of hydrogen-bond acceptors (Lipinski definition) is 5. The molecule has 0 atom stereocenters. The number of amides is 2. The van der Waals surface area contributed by atoms with Crippen molar-refractivity contribution in [3.05, 3.63) is 107 Å². The van der Waals surface area contributed by atoms with Gasteiger partial charge in [0.05, 0.1) is 11.8 Å². The summed E-state index contributed by atoms with van der Waals surface area (Å²) in [6.45, 7) is 1.73. The summed E-state index contributed by atoms with van der Waals surface area (Å²) in [4.78, 5) is 36.7. The van der Waals surface area contributed by atoms with Crippen LogP contribution in [0.5, 0.6) is 5.75 Å². The van der Waals surface area contributed by atoms with Gasteiger partial charge < -0.3 is 10.1 Å². The van der Waals surface area contributed by atoms with Gasteiger partial charge in [-0.05, 0) is 71.3 Å². The Labute approximate surface area is 206 Å². The van der Waals surface area contributed by atoms with E-state index in [-0.39, 0.29) is 0 Å². The molecule has 0 unspecified atom stereocenters. The summed E-state index contributed by atoms with van der Waals surface area (Å²) >= 11 is 6.02. The van der Waals surface area contributed by atoms with Crippen molar-refractivity contribution in [3.63, 3.8) is 0 Å². The van der Waals surface area contributed by atoms with Gasteiger partial charge in [-0.2, -0.15) is 5.10 Å². The molecule has 0 aromatic heterocycles. The third kappa shape index (κ3) is 5.72. The quantitative estimate of drug-likeness (QED) is 0.135. The minimum atomic E-state index is -0.929. The molecule has 4 aromatic rings. The molecule has 0 aliphatic heterocycles. The topological polar surface area (TPSA) is 96.9 Å². The molecular formula is C27H20ClN3O4. The summed E-state index contributed by atoms with van der Waals surface area (Å²) in [5.41, 5.74) is 4.36. The van der Waals surface area contributed by atoms with Crippen LogP contribution >= 0.6 is 11.6 Å². The first-order chi connectivity index (χ1) is 16.9. The third-order valence-electron chi connectivity index (χ3n) is 5.20. The maximum atomic E-state index is 12.7. The minimum Gasteiger partial charge on any atom is -0.423 e. The molecule has 0 aliphatic carbocycles. The molecule has 0 radical (unpaired) electrons. The number of halogens is 1. The van der Waals surface area contributed by atoms with Gasteiger partial charge in [-0.1, -0.05) is 54.1 Å². The standard InChI is InChI=1S/C27H20ClN3O4/c1-17-23(28)10-5-11-24(17)30-25(32)26(33)31-29-16-18-12-14-20(15-13-18)35-27(34)22-9-4-7-19-6-2-3-8-21(19)22/h2-16H,1H3,(H,30,32)(H,31,33)/b29-16+. The Hall–Kier alpha value is -4.49. The summed E-state index contributed by atoms with van der Waals surface area (Å²) in [6.07, 6.45) is 1.37. The molecule has 0 heterocycles. The summed E-state index contributed by atoms with van der Waals surface area (Å²) < 4.78 is 5.50. The molecule has 8 heteroatoms. The maximum absolute atomic E-state index is 12.7. The van der Waals surface area contributed by atoms with Crippen LogP contribution in [0, 0.1) is 6.92 Å². The lowest BCUT2D eigenvalue weighted by molar-refractivity contribution is -0.136. The Kier molecular flexibility index (Phi) is 7.18. The van der Waals surface area contributed by atoms with Crippen LogP contribution in [0.2, 0.25) is 5.02 Å². The largest absolute Gasteiger partial charge is 0.423 e.